The molecule has 1 N–H and O–H groups in total. The van der Waals surface area contributed by atoms with Crippen molar-refractivity contribution in [1.29, 1.82) is 0 Å². The van der Waals surface area contributed by atoms with Crippen LogP contribution >= 0.6 is 0 Å². The van der Waals surface area contributed by atoms with Crippen molar-refractivity contribution in [2.75, 3.05) is 0 Å². The second kappa shape index (κ2) is 7.67. The fourth-order valence-corrected chi connectivity index (χ4v) is 3.26. The van der Waals surface area contributed by atoms with E-state index in [1.165, 1.54) is 18.2 Å². The maximum atomic E-state index is 13.2. The van der Waals surface area contributed by atoms with Gasteiger partial charge in [0, 0.05) is 23.2 Å². The Kier molecular flexibility index (Phi) is 5.03. The van der Waals surface area contributed by atoms with Gasteiger partial charge < -0.3 is 5.32 Å². The minimum Gasteiger partial charge on any atom is -0.381 e. The summed E-state index contributed by atoms with van der Waals surface area (Å²) in [6.07, 6.45) is -2.70. The number of fused-ring (bicyclic) bond motifs is 1. The number of halogens is 4. The Balaban J connectivity index is 1.58. The van der Waals surface area contributed by atoms with E-state index in [0.29, 0.717) is 16.9 Å². The van der Waals surface area contributed by atoms with Crippen molar-refractivity contribution in [2.24, 2.45) is 0 Å². The summed E-state index contributed by atoms with van der Waals surface area (Å²) in [5.74, 6) is -0.330. The molecule has 1 heterocycles. The minimum atomic E-state index is -4.38. The molecular formula is C23H17F4N3. The topological polar surface area (TPSA) is 29.9 Å². The predicted octanol–water partition coefficient (Wildman–Crippen LogP) is 5.94. The standard InChI is InChI=1S/C23H17F4N3/c1-15(28-13-16-4-2-5-17(12-16)23(25,26)27)20-6-3-7-22-21(20)14-29-30(22)19-10-8-18(24)9-11-19/h2-12,14,28H,1,13H2. The number of hydrogen-bond acceptors (Lipinski definition) is 2. The van der Waals surface area contributed by atoms with Crippen molar-refractivity contribution in [1.82, 2.24) is 15.1 Å². The fraction of sp³-hybridized carbons (Fsp3) is 0.0870. The van der Waals surface area contributed by atoms with Crippen molar-refractivity contribution in [3.63, 3.8) is 0 Å². The van der Waals surface area contributed by atoms with Crippen LogP contribution in [0, 0.1) is 5.82 Å². The van der Waals surface area contributed by atoms with Gasteiger partial charge in [-0.15, -0.1) is 0 Å². The van der Waals surface area contributed by atoms with E-state index < -0.39 is 11.7 Å². The molecule has 0 aliphatic heterocycles. The molecule has 1 aromatic heterocycles. The smallest absolute Gasteiger partial charge is 0.381 e. The number of alkyl halides is 3. The fourth-order valence-electron chi connectivity index (χ4n) is 3.26. The molecule has 4 rings (SSSR count). The van der Waals surface area contributed by atoms with Gasteiger partial charge >= 0.3 is 6.18 Å². The van der Waals surface area contributed by atoms with Gasteiger partial charge in [0.15, 0.2) is 0 Å². The highest BCUT2D eigenvalue weighted by molar-refractivity contribution is 5.91. The highest BCUT2D eigenvalue weighted by Crippen LogP contribution is 2.30. The molecule has 3 aromatic carbocycles. The van der Waals surface area contributed by atoms with Crippen LogP contribution in [0.15, 0.2) is 79.5 Å². The SMILES string of the molecule is C=C(NCc1cccc(C(F)(F)F)c1)c1cccc2c1cnn2-c1ccc(F)cc1. The third-order valence-corrected chi connectivity index (χ3v) is 4.77. The molecule has 0 aliphatic rings. The number of benzene rings is 3. The summed E-state index contributed by atoms with van der Waals surface area (Å²) in [4.78, 5) is 0. The van der Waals surface area contributed by atoms with Gasteiger partial charge in [-0.05, 0) is 48.0 Å². The molecule has 4 aromatic rings. The lowest BCUT2D eigenvalue weighted by molar-refractivity contribution is -0.137. The third kappa shape index (κ3) is 3.91. The first kappa shape index (κ1) is 19.7. The molecule has 0 unspecified atom stereocenters. The first-order valence-corrected chi connectivity index (χ1v) is 9.15. The molecule has 152 valence electrons. The lowest BCUT2D eigenvalue weighted by Gasteiger charge is -2.13. The lowest BCUT2D eigenvalue weighted by atomic mass is 10.1. The summed E-state index contributed by atoms with van der Waals surface area (Å²) in [6, 6.07) is 16.8. The van der Waals surface area contributed by atoms with Crippen LogP contribution in [0.25, 0.3) is 22.3 Å². The third-order valence-electron chi connectivity index (χ3n) is 4.77. The van der Waals surface area contributed by atoms with Crippen LogP contribution in [0.2, 0.25) is 0 Å². The Morgan fingerprint density at radius 2 is 1.73 bits per heavy atom. The van der Waals surface area contributed by atoms with Crippen molar-refractivity contribution >= 4 is 16.6 Å². The van der Waals surface area contributed by atoms with Crippen LogP contribution in [0.1, 0.15) is 16.7 Å². The van der Waals surface area contributed by atoms with E-state index in [4.69, 9.17) is 0 Å². The zero-order valence-corrected chi connectivity index (χ0v) is 15.7. The van der Waals surface area contributed by atoms with E-state index in [9.17, 15) is 17.6 Å². The molecule has 7 heteroatoms. The second-order valence-electron chi connectivity index (χ2n) is 6.80. The largest absolute Gasteiger partial charge is 0.416 e. The van der Waals surface area contributed by atoms with E-state index in [1.54, 1.807) is 29.1 Å². The van der Waals surface area contributed by atoms with Crippen LogP contribution in [0.5, 0.6) is 0 Å². The van der Waals surface area contributed by atoms with Gasteiger partial charge in [0.2, 0.25) is 0 Å². The van der Waals surface area contributed by atoms with E-state index in [1.807, 2.05) is 18.2 Å². The second-order valence-corrected chi connectivity index (χ2v) is 6.80. The van der Waals surface area contributed by atoms with Gasteiger partial charge in [-0.2, -0.15) is 18.3 Å². The summed E-state index contributed by atoms with van der Waals surface area (Å²) in [5.41, 5.74) is 2.69. The maximum absolute atomic E-state index is 13.2. The van der Waals surface area contributed by atoms with E-state index in [2.05, 4.69) is 17.0 Å². The molecule has 0 spiro atoms. The first-order valence-electron chi connectivity index (χ1n) is 9.15. The van der Waals surface area contributed by atoms with Gasteiger partial charge in [-0.3, -0.25) is 0 Å². The average Bonchev–Trinajstić information content (AvgIpc) is 3.16. The van der Waals surface area contributed by atoms with E-state index in [-0.39, 0.29) is 12.4 Å². The van der Waals surface area contributed by atoms with Crippen molar-refractivity contribution in [2.45, 2.75) is 12.7 Å². The number of rotatable bonds is 5. The Hall–Kier alpha value is -3.61. The monoisotopic (exact) mass is 411 g/mol. The van der Waals surface area contributed by atoms with E-state index >= 15 is 0 Å². The molecular weight excluding hydrogens is 394 g/mol. The Morgan fingerprint density at radius 1 is 1.00 bits per heavy atom. The Labute approximate surface area is 170 Å². The first-order chi connectivity index (χ1) is 14.3. The van der Waals surface area contributed by atoms with E-state index in [0.717, 1.165) is 28.6 Å². The molecule has 0 atom stereocenters. The molecule has 0 fully saturated rings. The summed E-state index contributed by atoms with van der Waals surface area (Å²) < 4.78 is 53.6. The number of nitrogens with one attached hydrogen (secondary N) is 1. The molecule has 0 saturated carbocycles. The van der Waals surface area contributed by atoms with Crippen LogP contribution in [0.4, 0.5) is 17.6 Å². The molecule has 0 saturated heterocycles. The highest BCUT2D eigenvalue weighted by Gasteiger charge is 2.30. The van der Waals surface area contributed by atoms with Crippen LogP contribution in [-0.4, -0.2) is 9.78 Å². The molecule has 0 aliphatic carbocycles. The average molecular weight is 411 g/mol. The van der Waals surface area contributed by atoms with Gasteiger partial charge in [0.25, 0.3) is 0 Å². The number of nitrogens with zero attached hydrogens (tertiary/aromatic N) is 2. The van der Waals surface area contributed by atoms with Crippen LogP contribution in [0.3, 0.4) is 0 Å². The zero-order chi connectivity index (χ0) is 21.3. The highest BCUT2D eigenvalue weighted by atomic mass is 19.4. The summed E-state index contributed by atoms with van der Waals surface area (Å²) in [7, 11) is 0. The number of hydrogen-bond donors (Lipinski definition) is 1. The van der Waals surface area contributed by atoms with Crippen molar-refractivity contribution in [3.8, 4) is 5.69 Å². The zero-order valence-electron chi connectivity index (χ0n) is 15.7. The normalized spacial score (nSPS) is 11.6. The minimum absolute atomic E-state index is 0.200. The molecule has 30 heavy (non-hydrogen) atoms. The van der Waals surface area contributed by atoms with Gasteiger partial charge in [-0.1, -0.05) is 30.8 Å². The van der Waals surface area contributed by atoms with Crippen molar-refractivity contribution in [3.05, 3.63) is 102 Å². The van der Waals surface area contributed by atoms with Crippen molar-refractivity contribution < 1.29 is 17.6 Å². The summed E-state index contributed by atoms with van der Waals surface area (Å²) in [6.45, 7) is 4.23. The molecule has 0 amide bonds. The predicted molar refractivity (Wildman–Crippen MR) is 108 cm³/mol. The molecule has 3 nitrogen and oxygen atoms in total. The summed E-state index contributed by atoms with van der Waals surface area (Å²) in [5, 5.41) is 8.31. The maximum Gasteiger partial charge on any atom is 0.416 e. The molecule has 0 bridgehead atoms. The van der Waals surface area contributed by atoms with Crippen LogP contribution in [-0.2, 0) is 12.7 Å². The quantitative estimate of drug-likeness (QED) is 0.412. The Bertz CT molecular complexity index is 1210. The van der Waals surface area contributed by atoms with Gasteiger partial charge in [0.1, 0.15) is 5.82 Å². The number of aromatic nitrogens is 2. The molecule has 0 radical (unpaired) electrons. The lowest BCUT2D eigenvalue weighted by Crippen LogP contribution is -2.12. The Morgan fingerprint density at radius 3 is 2.47 bits per heavy atom. The summed E-state index contributed by atoms with van der Waals surface area (Å²) >= 11 is 0. The van der Waals surface area contributed by atoms with Crippen LogP contribution < -0.4 is 5.32 Å². The van der Waals surface area contributed by atoms with Gasteiger partial charge in [-0.25, -0.2) is 9.07 Å². The van der Waals surface area contributed by atoms with Gasteiger partial charge in [0.05, 0.1) is 23.0 Å².